The van der Waals surface area contributed by atoms with Gasteiger partial charge in [0, 0.05) is 6.42 Å². The van der Waals surface area contributed by atoms with Crippen molar-refractivity contribution in [3.8, 4) is 0 Å². The number of aliphatic hydroxyl groups is 2. The number of benzene rings is 1. The van der Waals surface area contributed by atoms with Crippen molar-refractivity contribution in [2.24, 2.45) is 35.1 Å². The lowest BCUT2D eigenvalue weighted by molar-refractivity contribution is -0.143. The predicted octanol–water partition coefficient (Wildman–Crippen LogP) is -2.10. The molecule has 72 heavy (non-hydrogen) atoms. The highest BCUT2D eigenvalue weighted by Gasteiger charge is 2.38. The summed E-state index contributed by atoms with van der Waals surface area (Å²) < 4.78 is 0. The van der Waals surface area contributed by atoms with Gasteiger partial charge in [-0.25, -0.2) is 4.79 Å². The topological polar surface area (TPSA) is 400 Å². The van der Waals surface area contributed by atoms with Crippen LogP contribution in [0.1, 0.15) is 106 Å². The lowest BCUT2D eigenvalue weighted by atomic mass is 9.95. The quantitative estimate of drug-likeness (QED) is 0.0336. The van der Waals surface area contributed by atoms with E-state index in [0.29, 0.717) is 37.8 Å². The number of carbonyl (C=O) groups excluding carboxylic acids is 8. The number of nitrogens with two attached hydrogens (primary N) is 2. The number of carbonyl (C=O) groups is 10. The summed E-state index contributed by atoms with van der Waals surface area (Å²) in [6, 6.07) is -4.98. The second-order valence-electron chi connectivity index (χ2n) is 18.8. The molecule has 1 aromatic carbocycles. The predicted molar refractivity (Wildman–Crippen MR) is 264 cm³/mol. The number of rotatable bonds is 33. The van der Waals surface area contributed by atoms with E-state index >= 15 is 0 Å². The van der Waals surface area contributed by atoms with Gasteiger partial charge in [0.25, 0.3) is 0 Å². The maximum Gasteiger partial charge on any atom is 0.326 e. The lowest BCUT2D eigenvalue weighted by Crippen LogP contribution is -2.63. The third-order valence-electron chi connectivity index (χ3n) is 12.2. The Labute approximate surface area is 421 Å². The lowest BCUT2D eigenvalue weighted by Gasteiger charge is -2.30. The Morgan fingerprint density at radius 1 is 0.528 bits per heavy atom. The van der Waals surface area contributed by atoms with Gasteiger partial charge in [-0.05, 0) is 62.0 Å². The van der Waals surface area contributed by atoms with E-state index in [2.05, 4.69) is 42.5 Å². The number of hydrogen-bond donors (Lipinski definition) is 14. The Morgan fingerprint density at radius 2 is 0.958 bits per heavy atom. The molecule has 12 atom stereocenters. The van der Waals surface area contributed by atoms with Gasteiger partial charge < -0.3 is 74.4 Å². The van der Waals surface area contributed by atoms with Crippen LogP contribution in [0.3, 0.4) is 0 Å². The van der Waals surface area contributed by atoms with Crippen molar-refractivity contribution < 1.29 is 68.4 Å². The third-order valence-corrected chi connectivity index (χ3v) is 12.2. The summed E-state index contributed by atoms with van der Waals surface area (Å²) in [5.74, 6) is -12.4. The maximum atomic E-state index is 14.0. The maximum absolute atomic E-state index is 14.0. The number of hydrogen-bond acceptors (Lipinski definition) is 14. The average Bonchev–Trinajstić information content (AvgIpc) is 3.32. The zero-order valence-corrected chi connectivity index (χ0v) is 42.9. The molecule has 8 amide bonds. The van der Waals surface area contributed by atoms with Gasteiger partial charge in [-0.15, -0.1) is 0 Å². The molecular formula is C48H80N10O14. The molecule has 0 aliphatic heterocycles. The molecule has 0 heterocycles. The minimum atomic E-state index is -1.93. The monoisotopic (exact) mass is 1020 g/mol. The van der Waals surface area contributed by atoms with Crippen molar-refractivity contribution in [2.45, 2.75) is 168 Å². The molecule has 0 bridgehead atoms. The molecule has 1 aromatic rings. The fourth-order valence-electron chi connectivity index (χ4n) is 7.13. The highest BCUT2D eigenvalue weighted by atomic mass is 16.4. The summed E-state index contributed by atoms with van der Waals surface area (Å²) in [6.45, 7) is 13.9. The molecule has 0 unspecified atom stereocenters. The molecule has 24 heteroatoms. The fraction of sp³-hybridized carbons (Fsp3) is 0.667. The molecule has 0 spiro atoms. The molecule has 0 aliphatic carbocycles. The van der Waals surface area contributed by atoms with E-state index in [1.807, 2.05) is 6.92 Å². The Bertz CT molecular complexity index is 1970. The Hall–Kier alpha value is -6.24. The Balaban J connectivity index is 3.42. The summed E-state index contributed by atoms with van der Waals surface area (Å²) in [7, 11) is 0. The van der Waals surface area contributed by atoms with E-state index in [4.69, 9.17) is 11.5 Å². The Kier molecular flexibility index (Phi) is 28.3. The van der Waals surface area contributed by atoms with Crippen LogP contribution in [-0.2, 0) is 54.4 Å². The van der Waals surface area contributed by atoms with Crippen LogP contribution in [-0.4, -0.2) is 153 Å². The van der Waals surface area contributed by atoms with Crippen LogP contribution in [0.5, 0.6) is 0 Å². The first-order valence-corrected chi connectivity index (χ1v) is 24.4. The first-order chi connectivity index (χ1) is 33.7. The van der Waals surface area contributed by atoms with E-state index in [1.54, 1.807) is 78.8 Å². The van der Waals surface area contributed by atoms with Gasteiger partial charge in [0.15, 0.2) is 0 Å². The van der Waals surface area contributed by atoms with E-state index in [9.17, 15) is 68.4 Å². The summed E-state index contributed by atoms with van der Waals surface area (Å²) in [5.41, 5.74) is 12.1. The minimum absolute atomic E-state index is 0.0948. The van der Waals surface area contributed by atoms with Gasteiger partial charge >= 0.3 is 11.9 Å². The van der Waals surface area contributed by atoms with E-state index < -0.39 is 150 Å². The van der Waals surface area contributed by atoms with Gasteiger partial charge in [0.1, 0.15) is 48.3 Å². The fourth-order valence-corrected chi connectivity index (χ4v) is 7.13. The number of amides is 8. The number of aliphatic carboxylic acids is 2. The molecule has 0 radical (unpaired) electrons. The van der Waals surface area contributed by atoms with Crippen LogP contribution in [0.4, 0.5) is 0 Å². The SMILES string of the molecule is CC[C@H](C)[C@H](N)C(=O)N[C@H](C(=O)N[C@H](C(=O)N[C@@H](CC(=O)O)C(=O)N[C@@H](Cc1ccccc1)C(=O)N[C@@H](CO)C(=O)N[C@H](C(=O)N[C@H](C(=O)N[C@@H](CCCCN)C(=O)O)[C@@H](C)CC)C(C)C)[C@@H](C)O)C(C)C. The van der Waals surface area contributed by atoms with Crippen molar-refractivity contribution in [2.75, 3.05) is 13.2 Å². The van der Waals surface area contributed by atoms with Crippen molar-refractivity contribution >= 4 is 59.2 Å². The number of nitrogens with one attached hydrogen (secondary N) is 8. The summed E-state index contributed by atoms with van der Waals surface area (Å²) in [5, 5.41) is 59.9. The molecule has 0 fully saturated rings. The van der Waals surface area contributed by atoms with Crippen molar-refractivity contribution in [3.05, 3.63) is 35.9 Å². The molecule has 406 valence electrons. The van der Waals surface area contributed by atoms with Crippen molar-refractivity contribution in [1.82, 2.24) is 42.5 Å². The van der Waals surface area contributed by atoms with Gasteiger partial charge in [-0.3, -0.25) is 43.2 Å². The minimum Gasteiger partial charge on any atom is -0.481 e. The number of carboxylic acids is 2. The van der Waals surface area contributed by atoms with Crippen LogP contribution in [0.25, 0.3) is 0 Å². The normalized spacial score (nSPS) is 16.3. The van der Waals surface area contributed by atoms with Crippen LogP contribution in [0.15, 0.2) is 30.3 Å². The highest BCUT2D eigenvalue weighted by Crippen LogP contribution is 2.14. The van der Waals surface area contributed by atoms with Crippen LogP contribution >= 0.6 is 0 Å². The van der Waals surface area contributed by atoms with Crippen LogP contribution in [0.2, 0.25) is 0 Å². The zero-order chi connectivity index (χ0) is 55.0. The standard InChI is InChI=1S/C48H80N10O14/c1-10-26(7)35(50)43(66)56-37(25(5)6)45(68)58-39(28(9)60)47(70)53-32(22-34(61)62)41(64)52-31(21-29-17-13-12-14-18-29)40(63)54-33(23-59)42(65)55-36(24(3)4)44(67)57-38(27(8)11-2)46(69)51-30(48(71)72)19-15-16-20-49/h12-14,17-18,24-28,30-33,35-39,59-60H,10-11,15-16,19-23,49-50H2,1-9H3,(H,51,69)(H,52,64)(H,53,70)(H,54,63)(H,55,65)(H,56,66)(H,57,67)(H,58,68)(H,61,62)(H,71,72)/t26-,27-,28+,30-,31-,32-,33-,35-,36-,37-,38-,39-/m0/s1. The molecule has 0 aromatic heterocycles. The molecule has 24 nitrogen and oxygen atoms in total. The van der Waals surface area contributed by atoms with Gasteiger partial charge in [-0.2, -0.15) is 0 Å². The largest absolute Gasteiger partial charge is 0.481 e. The molecule has 16 N–H and O–H groups in total. The highest BCUT2D eigenvalue weighted by molar-refractivity contribution is 5.99. The average molecular weight is 1020 g/mol. The molecule has 1 rings (SSSR count). The summed E-state index contributed by atoms with van der Waals surface area (Å²) in [4.78, 5) is 133. The second-order valence-corrected chi connectivity index (χ2v) is 18.8. The van der Waals surface area contributed by atoms with E-state index in [-0.39, 0.29) is 18.8 Å². The Morgan fingerprint density at radius 3 is 1.43 bits per heavy atom. The van der Waals surface area contributed by atoms with Gasteiger partial charge in [0.2, 0.25) is 47.3 Å². The molecule has 0 saturated carbocycles. The number of aliphatic hydroxyl groups excluding tert-OH is 2. The first kappa shape index (κ1) is 63.8. The smallest absolute Gasteiger partial charge is 0.326 e. The summed E-state index contributed by atoms with van der Waals surface area (Å²) >= 11 is 0. The van der Waals surface area contributed by atoms with Crippen molar-refractivity contribution in [1.29, 1.82) is 0 Å². The zero-order valence-electron chi connectivity index (χ0n) is 42.9. The third kappa shape index (κ3) is 21.2. The van der Waals surface area contributed by atoms with Gasteiger partial charge in [-0.1, -0.05) is 98.6 Å². The number of carboxylic acid groups (broad SMARTS) is 2. The second kappa shape index (κ2) is 32.0. The van der Waals surface area contributed by atoms with Crippen LogP contribution in [0, 0.1) is 23.7 Å². The first-order valence-electron chi connectivity index (χ1n) is 24.4. The van der Waals surface area contributed by atoms with Crippen molar-refractivity contribution in [3.63, 3.8) is 0 Å². The molecule has 0 aliphatic rings. The molecular weight excluding hydrogens is 941 g/mol. The molecule has 0 saturated heterocycles. The summed E-state index contributed by atoms with van der Waals surface area (Å²) in [6.07, 6.45) is -0.934. The van der Waals surface area contributed by atoms with Gasteiger partial charge in [0.05, 0.1) is 25.2 Å². The van der Waals surface area contributed by atoms with E-state index in [1.165, 1.54) is 0 Å². The number of unbranched alkanes of at least 4 members (excludes halogenated alkanes) is 1. The van der Waals surface area contributed by atoms with Crippen LogP contribution < -0.4 is 54.0 Å². The van der Waals surface area contributed by atoms with E-state index in [0.717, 1.165) is 6.92 Å².